The molecule has 8 heteroatoms. The van der Waals surface area contributed by atoms with Gasteiger partial charge < -0.3 is 20.5 Å². The number of rotatable bonds is 6. The number of carbonyl (C=O) groups is 3. The van der Waals surface area contributed by atoms with Crippen LogP contribution in [0, 0.1) is 5.82 Å². The summed E-state index contributed by atoms with van der Waals surface area (Å²) in [7, 11) is 1.37. The predicted octanol–water partition coefficient (Wildman–Crippen LogP) is 1.73. The quantitative estimate of drug-likeness (QED) is 0.775. The van der Waals surface area contributed by atoms with Crippen molar-refractivity contribution in [3.8, 4) is 5.75 Å². The van der Waals surface area contributed by atoms with Crippen LogP contribution in [0.1, 0.15) is 20.7 Å². The van der Waals surface area contributed by atoms with Crippen LogP contribution in [0.2, 0.25) is 0 Å². The average Bonchev–Trinajstić information content (AvgIpc) is 2.60. The first-order valence-corrected chi connectivity index (χ1v) is 7.11. The Hall–Kier alpha value is -3.42. The molecule has 0 aliphatic carbocycles. The van der Waals surface area contributed by atoms with E-state index in [4.69, 9.17) is 15.2 Å². The van der Waals surface area contributed by atoms with Crippen molar-refractivity contribution < 1.29 is 28.2 Å². The lowest BCUT2D eigenvalue weighted by Crippen LogP contribution is -2.21. The van der Waals surface area contributed by atoms with Gasteiger partial charge in [0.1, 0.15) is 11.6 Å². The maximum atomic E-state index is 13.7. The smallest absolute Gasteiger partial charge is 0.341 e. The molecule has 2 aromatic rings. The van der Waals surface area contributed by atoms with Crippen LogP contribution in [0.5, 0.6) is 5.75 Å². The normalized spacial score (nSPS) is 10.0. The van der Waals surface area contributed by atoms with Crippen LogP contribution in [-0.4, -0.2) is 31.5 Å². The van der Waals surface area contributed by atoms with Gasteiger partial charge in [0.25, 0.3) is 5.91 Å². The number of anilines is 1. The molecule has 0 unspecified atom stereocenters. The van der Waals surface area contributed by atoms with Crippen LogP contribution in [0.25, 0.3) is 0 Å². The summed E-state index contributed by atoms with van der Waals surface area (Å²) in [4.78, 5) is 34.5. The number of nitrogens with one attached hydrogen (secondary N) is 1. The van der Waals surface area contributed by atoms with Crippen molar-refractivity contribution in [3.05, 3.63) is 59.4 Å². The highest BCUT2D eigenvalue weighted by atomic mass is 19.1. The maximum Gasteiger partial charge on any atom is 0.341 e. The highest BCUT2D eigenvalue weighted by Crippen LogP contribution is 2.17. The first kappa shape index (κ1) is 17.9. The number of amides is 2. The Bertz CT molecular complexity index is 805. The van der Waals surface area contributed by atoms with Gasteiger partial charge >= 0.3 is 5.97 Å². The molecule has 2 amide bonds. The molecule has 25 heavy (non-hydrogen) atoms. The molecule has 0 spiro atoms. The van der Waals surface area contributed by atoms with Gasteiger partial charge in [-0.3, -0.25) is 9.59 Å². The van der Waals surface area contributed by atoms with Gasteiger partial charge in [-0.25, -0.2) is 9.18 Å². The van der Waals surface area contributed by atoms with Crippen molar-refractivity contribution in [2.24, 2.45) is 5.73 Å². The molecule has 0 saturated heterocycles. The van der Waals surface area contributed by atoms with Gasteiger partial charge in [0.2, 0.25) is 5.91 Å². The molecule has 130 valence electrons. The van der Waals surface area contributed by atoms with Gasteiger partial charge in [0.05, 0.1) is 12.7 Å². The Morgan fingerprint density at radius 1 is 1.12 bits per heavy atom. The Morgan fingerprint density at radius 3 is 2.36 bits per heavy atom. The number of hydrogen-bond acceptors (Lipinski definition) is 5. The molecule has 7 nitrogen and oxygen atoms in total. The van der Waals surface area contributed by atoms with Gasteiger partial charge in [0, 0.05) is 17.3 Å². The van der Waals surface area contributed by atoms with Crippen LogP contribution in [0.3, 0.4) is 0 Å². The predicted molar refractivity (Wildman–Crippen MR) is 86.8 cm³/mol. The van der Waals surface area contributed by atoms with Crippen molar-refractivity contribution in [2.75, 3.05) is 19.0 Å². The molecule has 3 N–H and O–H groups in total. The second-order valence-electron chi connectivity index (χ2n) is 4.91. The SMILES string of the molecule is COc1ccc(C(=O)OCC(=O)Nc2ccc(C(N)=O)cc2)c(F)c1. The molecule has 0 saturated carbocycles. The zero-order valence-electron chi connectivity index (χ0n) is 13.2. The number of ether oxygens (including phenoxy) is 2. The molecule has 0 bridgehead atoms. The van der Waals surface area contributed by atoms with E-state index >= 15 is 0 Å². The van der Waals surface area contributed by atoms with Crippen LogP contribution in [0.15, 0.2) is 42.5 Å². The molecule has 2 rings (SSSR count). The van der Waals surface area contributed by atoms with Gasteiger partial charge in [-0.15, -0.1) is 0 Å². The summed E-state index contributed by atoms with van der Waals surface area (Å²) in [5, 5.41) is 2.47. The maximum absolute atomic E-state index is 13.7. The van der Waals surface area contributed by atoms with Crippen molar-refractivity contribution in [1.82, 2.24) is 0 Å². The lowest BCUT2D eigenvalue weighted by Gasteiger charge is -2.08. The summed E-state index contributed by atoms with van der Waals surface area (Å²) in [5.74, 6) is -2.74. The Kier molecular flexibility index (Phi) is 5.67. The van der Waals surface area contributed by atoms with Crippen LogP contribution in [-0.2, 0) is 9.53 Å². The van der Waals surface area contributed by atoms with Crippen LogP contribution in [0.4, 0.5) is 10.1 Å². The standard InChI is InChI=1S/C17H15FN2O5/c1-24-12-6-7-13(14(18)8-12)17(23)25-9-15(21)20-11-4-2-10(3-5-11)16(19)22/h2-8H,9H2,1H3,(H2,19,22)(H,20,21). The lowest BCUT2D eigenvalue weighted by atomic mass is 10.2. The van der Waals surface area contributed by atoms with E-state index in [0.29, 0.717) is 11.3 Å². The molecule has 0 fully saturated rings. The summed E-state index contributed by atoms with van der Waals surface area (Å²) < 4.78 is 23.3. The Morgan fingerprint density at radius 2 is 1.80 bits per heavy atom. The second kappa shape index (κ2) is 7.91. The number of benzene rings is 2. The monoisotopic (exact) mass is 346 g/mol. The summed E-state index contributed by atoms with van der Waals surface area (Å²) in [6.45, 7) is -0.595. The van der Waals surface area contributed by atoms with Gasteiger partial charge in [0.15, 0.2) is 6.61 Å². The largest absolute Gasteiger partial charge is 0.497 e. The molecule has 2 aromatic carbocycles. The number of hydrogen-bond donors (Lipinski definition) is 2. The topological polar surface area (TPSA) is 108 Å². The Balaban J connectivity index is 1.91. The minimum absolute atomic E-state index is 0.256. The third-order valence-electron chi connectivity index (χ3n) is 3.18. The van der Waals surface area contributed by atoms with E-state index in [2.05, 4.69) is 5.32 Å². The number of methoxy groups -OCH3 is 1. The minimum Gasteiger partial charge on any atom is -0.497 e. The molecule has 0 atom stereocenters. The fourth-order valence-corrected chi connectivity index (χ4v) is 1.91. The first-order chi connectivity index (χ1) is 11.9. The number of esters is 1. The summed E-state index contributed by atoms with van der Waals surface area (Å²) in [5.41, 5.74) is 5.48. The van der Waals surface area contributed by atoms with Crippen LogP contribution < -0.4 is 15.8 Å². The van der Waals surface area contributed by atoms with Gasteiger partial charge in [-0.05, 0) is 36.4 Å². The van der Waals surface area contributed by atoms with Crippen molar-refractivity contribution >= 4 is 23.5 Å². The number of nitrogens with two attached hydrogens (primary N) is 1. The van der Waals surface area contributed by atoms with Crippen molar-refractivity contribution in [2.45, 2.75) is 0 Å². The number of halogens is 1. The minimum atomic E-state index is -0.973. The third kappa shape index (κ3) is 4.77. The van der Waals surface area contributed by atoms with Gasteiger partial charge in [-0.1, -0.05) is 0 Å². The van der Waals surface area contributed by atoms with E-state index in [1.54, 1.807) is 0 Å². The molecule has 0 aliphatic heterocycles. The molecule has 0 radical (unpaired) electrons. The molecule has 0 aliphatic rings. The van der Waals surface area contributed by atoms with E-state index in [9.17, 15) is 18.8 Å². The molecular formula is C17H15FN2O5. The Labute approximate surface area is 142 Å². The number of primary amides is 1. The van der Waals surface area contributed by atoms with E-state index < -0.39 is 30.2 Å². The highest BCUT2D eigenvalue weighted by Gasteiger charge is 2.15. The number of carbonyl (C=O) groups excluding carboxylic acids is 3. The van der Waals surface area contributed by atoms with E-state index in [1.165, 1.54) is 43.5 Å². The first-order valence-electron chi connectivity index (χ1n) is 7.11. The summed E-state index contributed by atoms with van der Waals surface area (Å²) in [6, 6.07) is 9.48. The third-order valence-corrected chi connectivity index (χ3v) is 3.18. The van der Waals surface area contributed by atoms with Gasteiger partial charge in [-0.2, -0.15) is 0 Å². The second-order valence-corrected chi connectivity index (χ2v) is 4.91. The molecule has 0 heterocycles. The fourth-order valence-electron chi connectivity index (χ4n) is 1.91. The fraction of sp³-hybridized carbons (Fsp3) is 0.118. The highest BCUT2D eigenvalue weighted by molar-refractivity contribution is 5.96. The average molecular weight is 346 g/mol. The van der Waals surface area contributed by atoms with Crippen LogP contribution >= 0.6 is 0 Å². The zero-order chi connectivity index (χ0) is 18.4. The van der Waals surface area contributed by atoms with Crippen molar-refractivity contribution in [1.29, 1.82) is 0 Å². The van der Waals surface area contributed by atoms with E-state index in [1.807, 2.05) is 0 Å². The van der Waals surface area contributed by atoms with E-state index in [-0.39, 0.29) is 11.3 Å². The molecule has 0 aromatic heterocycles. The molecular weight excluding hydrogens is 331 g/mol. The summed E-state index contributed by atoms with van der Waals surface area (Å²) >= 11 is 0. The summed E-state index contributed by atoms with van der Waals surface area (Å²) in [6.07, 6.45) is 0. The van der Waals surface area contributed by atoms with Crippen molar-refractivity contribution in [3.63, 3.8) is 0 Å². The lowest BCUT2D eigenvalue weighted by molar-refractivity contribution is -0.119. The zero-order valence-corrected chi connectivity index (χ0v) is 13.2. The van der Waals surface area contributed by atoms with E-state index in [0.717, 1.165) is 6.07 Å².